The van der Waals surface area contributed by atoms with E-state index in [-0.39, 0.29) is 23.8 Å². The highest BCUT2D eigenvalue weighted by Crippen LogP contribution is 2.26. The van der Waals surface area contributed by atoms with Crippen LogP contribution in [0.5, 0.6) is 5.75 Å². The quantitative estimate of drug-likeness (QED) is 0.424. The summed E-state index contributed by atoms with van der Waals surface area (Å²) in [6.07, 6.45) is 9.21. The molecular weight excluding hydrogens is 517 g/mol. The van der Waals surface area contributed by atoms with Crippen LogP contribution in [0.4, 0.5) is 20.8 Å². The molecule has 0 spiro atoms. The van der Waals surface area contributed by atoms with Crippen LogP contribution in [0.2, 0.25) is 0 Å². The van der Waals surface area contributed by atoms with E-state index in [2.05, 4.69) is 25.7 Å². The van der Waals surface area contributed by atoms with E-state index in [1.165, 1.54) is 26.3 Å². The van der Waals surface area contributed by atoms with Crippen LogP contribution in [0, 0.1) is 5.82 Å². The van der Waals surface area contributed by atoms with Crippen molar-refractivity contribution in [2.45, 2.75) is 58.1 Å². The van der Waals surface area contributed by atoms with Crippen molar-refractivity contribution in [2.24, 2.45) is 0 Å². The Morgan fingerprint density at radius 3 is 2.58 bits per heavy atom. The Morgan fingerprint density at radius 2 is 1.90 bits per heavy atom. The van der Waals surface area contributed by atoms with E-state index in [4.69, 9.17) is 9.47 Å². The van der Waals surface area contributed by atoms with E-state index in [9.17, 15) is 14.0 Å². The Hall–Kier alpha value is -4.22. The predicted molar refractivity (Wildman–Crippen MR) is 147 cm³/mol. The van der Waals surface area contributed by atoms with Crippen molar-refractivity contribution in [1.29, 1.82) is 0 Å². The first-order chi connectivity index (χ1) is 19.1. The molecule has 1 saturated heterocycles. The first kappa shape index (κ1) is 28.8. The van der Waals surface area contributed by atoms with Gasteiger partial charge in [0, 0.05) is 44.3 Å². The van der Waals surface area contributed by atoms with Gasteiger partial charge in [0.1, 0.15) is 5.60 Å². The summed E-state index contributed by atoms with van der Waals surface area (Å²) in [4.78, 5) is 35.0. The maximum Gasteiger partial charge on any atom is 0.410 e. The molecule has 2 amide bonds. The Labute approximate surface area is 233 Å². The highest BCUT2D eigenvalue weighted by molar-refractivity contribution is 5.94. The number of aryl methyl sites for hydroxylation is 2. The van der Waals surface area contributed by atoms with Crippen molar-refractivity contribution in [2.75, 3.05) is 32.6 Å². The maximum absolute atomic E-state index is 14.8. The third-order valence-corrected chi connectivity index (χ3v) is 6.49. The van der Waals surface area contributed by atoms with Crippen LogP contribution in [0.3, 0.4) is 0 Å². The van der Waals surface area contributed by atoms with Crippen LogP contribution in [0.1, 0.15) is 61.1 Å². The van der Waals surface area contributed by atoms with Crippen LogP contribution < -0.4 is 15.4 Å². The van der Waals surface area contributed by atoms with Gasteiger partial charge in [0.15, 0.2) is 11.6 Å². The summed E-state index contributed by atoms with van der Waals surface area (Å²) in [6.45, 7) is 6.77. The van der Waals surface area contributed by atoms with E-state index in [1.807, 2.05) is 31.6 Å². The van der Waals surface area contributed by atoms with Crippen molar-refractivity contribution in [1.82, 2.24) is 30.0 Å². The molecule has 12 heteroatoms. The van der Waals surface area contributed by atoms with E-state index in [0.29, 0.717) is 43.0 Å². The summed E-state index contributed by atoms with van der Waals surface area (Å²) in [6, 6.07) is 2.96. The largest absolute Gasteiger partial charge is 0.494 e. The molecular formula is C28H36FN7O4. The minimum Gasteiger partial charge on any atom is -0.494 e. The molecule has 1 aliphatic rings. The van der Waals surface area contributed by atoms with Gasteiger partial charge in [-0.15, -0.1) is 0 Å². The summed E-state index contributed by atoms with van der Waals surface area (Å²) in [5.74, 6) is -0.376. The molecule has 0 unspecified atom stereocenters. The van der Waals surface area contributed by atoms with Crippen LogP contribution >= 0.6 is 0 Å². The average molecular weight is 554 g/mol. The van der Waals surface area contributed by atoms with Crippen LogP contribution in [0.15, 0.2) is 36.9 Å². The normalized spacial score (nSPS) is 15.4. The summed E-state index contributed by atoms with van der Waals surface area (Å²) < 4.78 is 27.2. The highest BCUT2D eigenvalue weighted by atomic mass is 19.1. The Morgan fingerprint density at radius 1 is 1.15 bits per heavy atom. The zero-order chi connectivity index (χ0) is 28.9. The number of rotatable bonds is 8. The first-order valence-electron chi connectivity index (χ1n) is 13.2. The number of nitrogens with zero attached hydrogens (tertiary/aromatic N) is 5. The van der Waals surface area contributed by atoms with Crippen LogP contribution in [0.25, 0.3) is 0 Å². The van der Waals surface area contributed by atoms with E-state index in [1.54, 1.807) is 23.5 Å². The molecule has 0 bridgehead atoms. The number of hydrogen-bond acceptors (Lipinski definition) is 8. The summed E-state index contributed by atoms with van der Waals surface area (Å²) in [5, 5.41) is 10.2. The molecule has 0 aliphatic carbocycles. The second-order valence-corrected chi connectivity index (χ2v) is 10.7. The fourth-order valence-corrected chi connectivity index (χ4v) is 4.48. The fraction of sp³-hybridized carbons (Fsp3) is 0.464. The molecule has 0 saturated carbocycles. The number of benzene rings is 1. The number of halogens is 1. The third kappa shape index (κ3) is 7.25. The van der Waals surface area contributed by atoms with Gasteiger partial charge in [-0.3, -0.25) is 9.48 Å². The highest BCUT2D eigenvalue weighted by Gasteiger charge is 2.28. The van der Waals surface area contributed by atoms with Gasteiger partial charge >= 0.3 is 6.09 Å². The van der Waals surface area contributed by atoms with Crippen molar-refractivity contribution in [3.8, 4) is 5.75 Å². The molecule has 1 atom stereocenters. The van der Waals surface area contributed by atoms with Crippen molar-refractivity contribution < 1.29 is 23.5 Å². The molecule has 1 aromatic carbocycles. The Bertz CT molecular complexity index is 1340. The number of aromatic nitrogens is 4. The molecule has 3 aromatic rings. The molecule has 2 N–H and O–H groups in total. The Balaban J connectivity index is 1.35. The molecule has 0 radical (unpaired) electrons. The van der Waals surface area contributed by atoms with Gasteiger partial charge in [-0.1, -0.05) is 0 Å². The van der Waals surface area contributed by atoms with Gasteiger partial charge in [-0.2, -0.15) is 5.10 Å². The van der Waals surface area contributed by atoms with Gasteiger partial charge < -0.3 is 25.0 Å². The zero-order valence-corrected chi connectivity index (χ0v) is 23.5. The lowest BCUT2D eigenvalue weighted by molar-refractivity contribution is 0.0167. The maximum atomic E-state index is 14.8. The van der Waals surface area contributed by atoms with Crippen LogP contribution in [-0.4, -0.2) is 69.5 Å². The zero-order valence-electron chi connectivity index (χ0n) is 23.5. The lowest BCUT2D eigenvalue weighted by Gasteiger charge is -2.34. The number of anilines is 2. The molecule has 1 aliphatic heterocycles. The first-order valence-corrected chi connectivity index (χ1v) is 13.2. The minimum atomic E-state index is -0.538. The van der Waals surface area contributed by atoms with E-state index >= 15 is 0 Å². The fourth-order valence-electron chi connectivity index (χ4n) is 4.48. The van der Waals surface area contributed by atoms with Gasteiger partial charge in [-0.25, -0.2) is 19.2 Å². The minimum absolute atomic E-state index is 0.0261. The van der Waals surface area contributed by atoms with E-state index < -0.39 is 11.4 Å². The molecule has 11 nitrogen and oxygen atoms in total. The number of likely N-dealkylation sites (tertiary alicyclic amines) is 1. The number of ether oxygens (including phenoxy) is 2. The smallest absolute Gasteiger partial charge is 0.410 e. The topological polar surface area (TPSA) is 124 Å². The molecule has 3 heterocycles. The predicted octanol–water partition coefficient (Wildman–Crippen LogP) is 4.28. The second kappa shape index (κ2) is 12.3. The third-order valence-electron chi connectivity index (χ3n) is 6.49. The van der Waals surface area contributed by atoms with Crippen LogP contribution in [-0.2, 0) is 17.6 Å². The Kier molecular flexibility index (Phi) is 8.86. The number of piperidine rings is 1. The van der Waals surface area contributed by atoms with Gasteiger partial charge in [0.25, 0.3) is 5.91 Å². The number of nitrogens with one attached hydrogen (secondary N) is 2. The number of carbonyl (C=O) groups excluding carboxylic acids is 2. The van der Waals surface area contributed by atoms with Gasteiger partial charge in [-0.05, 0) is 69.7 Å². The standard InChI is InChI=1S/C28H36FN7O4/c1-28(2,3)40-27(38)35-10-6-7-22(17-35)36-16-21(15-33-36)34-26-31-13-18(14-32-26)8-9-19-11-20(25(37)30-4)12-23(39-5)24(19)29/h11-16,22H,6-10,17H2,1-5H3,(H,30,37)(H,31,32,34)/t22-/m1/s1. The average Bonchev–Trinajstić information content (AvgIpc) is 3.40. The summed E-state index contributed by atoms with van der Waals surface area (Å²) >= 11 is 0. The summed E-state index contributed by atoms with van der Waals surface area (Å²) in [7, 11) is 2.89. The van der Waals surface area contributed by atoms with Gasteiger partial charge in [0.05, 0.1) is 25.0 Å². The molecule has 214 valence electrons. The number of amides is 2. The van der Waals surface area contributed by atoms with Crippen molar-refractivity contribution in [3.05, 3.63) is 59.4 Å². The summed E-state index contributed by atoms with van der Waals surface area (Å²) in [5.41, 5.74) is 1.71. The number of methoxy groups -OCH3 is 1. The molecule has 1 fully saturated rings. The lowest BCUT2D eigenvalue weighted by atomic mass is 10.0. The van der Waals surface area contributed by atoms with Gasteiger partial charge in [0.2, 0.25) is 5.95 Å². The number of carbonyl (C=O) groups is 2. The SMILES string of the molecule is CNC(=O)c1cc(CCc2cnc(Nc3cnn([C@@H]4CCCN(C(=O)OC(C)(C)C)C4)c3)nc2)c(F)c(OC)c1. The van der Waals surface area contributed by atoms with Crippen molar-refractivity contribution in [3.63, 3.8) is 0 Å². The monoisotopic (exact) mass is 553 g/mol. The number of hydrogen-bond donors (Lipinski definition) is 2. The molecule has 4 rings (SSSR count). The van der Waals surface area contributed by atoms with Crippen molar-refractivity contribution >= 4 is 23.6 Å². The molecule has 40 heavy (non-hydrogen) atoms. The second-order valence-electron chi connectivity index (χ2n) is 10.7. The molecule has 2 aromatic heterocycles. The lowest BCUT2D eigenvalue weighted by Crippen LogP contribution is -2.43. The van der Waals surface area contributed by atoms with E-state index in [0.717, 1.165) is 24.1 Å².